The molecule has 0 amide bonds. The average Bonchev–Trinajstić information content (AvgIpc) is 2.74. The van der Waals surface area contributed by atoms with E-state index < -0.39 is 0 Å². The van der Waals surface area contributed by atoms with Gasteiger partial charge < -0.3 is 4.98 Å². The van der Waals surface area contributed by atoms with Crippen LogP contribution < -0.4 is 0 Å². The Hall–Kier alpha value is -1.43. The van der Waals surface area contributed by atoms with Crippen molar-refractivity contribution in [2.45, 2.75) is 0 Å². The molecular weight excluding hydrogens is 424 g/mol. The number of nitrogens with one attached hydrogen (secondary N) is 1. The number of hydrogen-bond acceptors (Lipinski definition) is 2. The third-order valence-corrected chi connectivity index (χ3v) is 4.39. The minimum absolute atomic E-state index is 0.341. The van der Waals surface area contributed by atoms with Gasteiger partial charge in [0, 0.05) is 11.1 Å². The quantitative estimate of drug-likeness (QED) is 0.439. The Kier molecular flexibility index (Phi) is 3.73. The number of fused-ring (bicyclic) bond motifs is 1. The number of rotatable bonds is 1. The molecular formula is C14H6ClFIN3S. The summed E-state index contributed by atoms with van der Waals surface area (Å²) in [7, 11) is 0. The van der Waals surface area contributed by atoms with Gasteiger partial charge in [-0.2, -0.15) is 5.26 Å². The first-order valence-corrected chi connectivity index (χ1v) is 7.67. The first-order valence-electron chi connectivity index (χ1n) is 5.81. The molecule has 104 valence electrons. The fourth-order valence-corrected chi connectivity index (χ4v) is 3.07. The zero-order chi connectivity index (χ0) is 15.1. The van der Waals surface area contributed by atoms with Gasteiger partial charge in [0.1, 0.15) is 11.9 Å². The predicted molar refractivity (Wildman–Crippen MR) is 90.9 cm³/mol. The molecule has 3 aromatic rings. The summed E-state index contributed by atoms with van der Waals surface area (Å²) >= 11 is 13.2. The van der Waals surface area contributed by atoms with E-state index in [2.05, 4.69) is 11.1 Å². The van der Waals surface area contributed by atoms with Gasteiger partial charge in [-0.05, 0) is 59.1 Å². The van der Waals surface area contributed by atoms with Crippen molar-refractivity contribution < 1.29 is 4.39 Å². The molecule has 1 heterocycles. The molecule has 0 saturated heterocycles. The van der Waals surface area contributed by atoms with E-state index in [1.807, 2.05) is 22.6 Å². The van der Waals surface area contributed by atoms with E-state index in [4.69, 9.17) is 23.8 Å². The molecule has 1 aromatic heterocycles. The molecule has 0 saturated carbocycles. The van der Waals surface area contributed by atoms with Crippen molar-refractivity contribution in [2.75, 3.05) is 0 Å². The zero-order valence-corrected chi connectivity index (χ0v) is 14.1. The van der Waals surface area contributed by atoms with Crippen LogP contribution in [0.2, 0.25) is 5.02 Å². The van der Waals surface area contributed by atoms with E-state index in [-0.39, 0.29) is 5.82 Å². The Morgan fingerprint density at radius 3 is 2.81 bits per heavy atom. The molecule has 0 aliphatic rings. The van der Waals surface area contributed by atoms with Gasteiger partial charge in [0.15, 0.2) is 4.77 Å². The van der Waals surface area contributed by atoms with Gasteiger partial charge in [-0.15, -0.1) is 0 Å². The SMILES string of the molecule is N#Cc1ccc(Cl)cc1-n1c(=S)[nH]c2cc(I)c(F)cc21. The number of nitrogens with zero attached hydrogens (tertiary/aromatic N) is 2. The minimum atomic E-state index is -0.341. The lowest BCUT2D eigenvalue weighted by Gasteiger charge is -2.07. The number of imidazole rings is 1. The van der Waals surface area contributed by atoms with Crippen LogP contribution in [0.1, 0.15) is 5.56 Å². The van der Waals surface area contributed by atoms with Crippen LogP contribution in [0, 0.1) is 25.5 Å². The van der Waals surface area contributed by atoms with E-state index in [1.165, 1.54) is 6.07 Å². The van der Waals surface area contributed by atoms with Crippen LogP contribution >= 0.6 is 46.4 Å². The molecule has 21 heavy (non-hydrogen) atoms. The highest BCUT2D eigenvalue weighted by Gasteiger charge is 2.13. The standard InChI is InChI=1S/C14H6ClFIN3S/c15-8-2-1-7(6-18)12(3-8)20-13-4-9(16)10(17)5-11(13)19-14(20)21/h1-5H,(H,19,21). The van der Waals surface area contributed by atoms with Gasteiger partial charge in [0.25, 0.3) is 0 Å². The van der Waals surface area contributed by atoms with Gasteiger partial charge in [0.2, 0.25) is 0 Å². The number of aromatic amines is 1. The van der Waals surface area contributed by atoms with Crippen molar-refractivity contribution >= 4 is 57.4 Å². The third kappa shape index (κ3) is 2.46. The maximum atomic E-state index is 13.9. The second kappa shape index (κ2) is 5.40. The number of benzene rings is 2. The van der Waals surface area contributed by atoms with E-state index in [0.717, 1.165) is 0 Å². The first-order chi connectivity index (χ1) is 10.0. The Balaban J connectivity index is 2.44. The van der Waals surface area contributed by atoms with Crippen LogP contribution in [0.5, 0.6) is 0 Å². The number of hydrogen-bond donors (Lipinski definition) is 1. The van der Waals surface area contributed by atoms with Gasteiger partial charge >= 0.3 is 0 Å². The maximum Gasteiger partial charge on any atom is 0.182 e. The molecule has 0 radical (unpaired) electrons. The fraction of sp³-hybridized carbons (Fsp3) is 0. The molecule has 0 aliphatic carbocycles. The Morgan fingerprint density at radius 1 is 1.33 bits per heavy atom. The van der Waals surface area contributed by atoms with Crippen LogP contribution in [0.4, 0.5) is 4.39 Å². The first kappa shape index (κ1) is 14.5. The second-order valence-electron chi connectivity index (χ2n) is 4.32. The van der Waals surface area contributed by atoms with E-state index in [9.17, 15) is 9.65 Å². The normalized spacial score (nSPS) is 10.8. The summed E-state index contributed by atoms with van der Waals surface area (Å²) in [6.07, 6.45) is 0. The number of H-pyrrole nitrogens is 1. The summed E-state index contributed by atoms with van der Waals surface area (Å²) in [5.41, 5.74) is 2.21. The average molecular weight is 430 g/mol. The third-order valence-electron chi connectivity index (χ3n) is 3.05. The summed E-state index contributed by atoms with van der Waals surface area (Å²) in [6.45, 7) is 0. The molecule has 0 fully saturated rings. The van der Waals surface area contributed by atoms with Crippen LogP contribution in [0.15, 0.2) is 30.3 Å². The van der Waals surface area contributed by atoms with Crippen LogP contribution in [-0.2, 0) is 0 Å². The molecule has 0 aliphatic heterocycles. The van der Waals surface area contributed by atoms with Crippen molar-refractivity contribution in [2.24, 2.45) is 0 Å². The van der Waals surface area contributed by atoms with Gasteiger partial charge in [-0.3, -0.25) is 4.57 Å². The van der Waals surface area contributed by atoms with Crippen molar-refractivity contribution in [1.29, 1.82) is 5.26 Å². The molecule has 3 nitrogen and oxygen atoms in total. The Bertz CT molecular complexity index is 971. The minimum Gasteiger partial charge on any atom is -0.330 e. The van der Waals surface area contributed by atoms with E-state index >= 15 is 0 Å². The summed E-state index contributed by atoms with van der Waals surface area (Å²) in [4.78, 5) is 3.02. The van der Waals surface area contributed by atoms with Crippen molar-refractivity contribution in [3.05, 3.63) is 55.1 Å². The second-order valence-corrected chi connectivity index (χ2v) is 6.31. The molecule has 2 aromatic carbocycles. The highest BCUT2D eigenvalue weighted by molar-refractivity contribution is 14.1. The van der Waals surface area contributed by atoms with E-state index in [1.54, 1.807) is 28.8 Å². The molecule has 0 spiro atoms. The van der Waals surface area contributed by atoms with Crippen LogP contribution in [0.3, 0.4) is 0 Å². The van der Waals surface area contributed by atoms with E-state index in [0.29, 0.717) is 35.6 Å². The lowest BCUT2D eigenvalue weighted by atomic mass is 10.2. The zero-order valence-electron chi connectivity index (χ0n) is 10.3. The number of halogens is 3. The summed E-state index contributed by atoms with van der Waals surface area (Å²) in [5.74, 6) is -0.341. The monoisotopic (exact) mass is 429 g/mol. The van der Waals surface area contributed by atoms with Crippen molar-refractivity contribution in [3.8, 4) is 11.8 Å². The summed E-state index contributed by atoms with van der Waals surface area (Å²) < 4.78 is 16.4. The lowest BCUT2D eigenvalue weighted by Crippen LogP contribution is -1.98. The molecule has 0 atom stereocenters. The summed E-state index contributed by atoms with van der Waals surface area (Å²) in [5, 5.41) is 9.72. The fourth-order valence-electron chi connectivity index (χ4n) is 2.13. The Morgan fingerprint density at radius 2 is 2.10 bits per heavy atom. The molecule has 0 bridgehead atoms. The lowest BCUT2D eigenvalue weighted by molar-refractivity contribution is 0.622. The Labute approximate surface area is 143 Å². The van der Waals surface area contributed by atoms with Crippen molar-refractivity contribution in [1.82, 2.24) is 9.55 Å². The molecule has 1 N–H and O–H groups in total. The van der Waals surface area contributed by atoms with Crippen molar-refractivity contribution in [3.63, 3.8) is 0 Å². The van der Waals surface area contributed by atoms with Gasteiger partial charge in [-0.1, -0.05) is 11.6 Å². The highest BCUT2D eigenvalue weighted by Crippen LogP contribution is 2.27. The largest absolute Gasteiger partial charge is 0.330 e. The van der Waals surface area contributed by atoms with Gasteiger partial charge in [-0.25, -0.2) is 4.39 Å². The molecule has 0 unspecified atom stereocenters. The number of aromatic nitrogens is 2. The van der Waals surface area contributed by atoms with Crippen LogP contribution in [-0.4, -0.2) is 9.55 Å². The summed E-state index contributed by atoms with van der Waals surface area (Å²) in [6, 6.07) is 10.0. The number of nitriles is 1. The highest BCUT2D eigenvalue weighted by atomic mass is 127. The van der Waals surface area contributed by atoms with Crippen LogP contribution in [0.25, 0.3) is 16.7 Å². The van der Waals surface area contributed by atoms with Gasteiger partial charge in [0.05, 0.1) is 25.9 Å². The topological polar surface area (TPSA) is 44.5 Å². The predicted octanol–water partition coefficient (Wildman–Crippen LogP) is 4.96. The maximum absolute atomic E-state index is 13.9. The molecule has 7 heteroatoms. The molecule has 3 rings (SSSR count). The smallest absolute Gasteiger partial charge is 0.182 e.